The van der Waals surface area contributed by atoms with Gasteiger partial charge in [-0.25, -0.2) is 0 Å². The first-order valence-corrected chi connectivity index (χ1v) is 3.49. The molecule has 0 bridgehead atoms. The van der Waals surface area contributed by atoms with Crippen molar-refractivity contribution in [3.05, 3.63) is 12.2 Å². The average Bonchev–Trinajstić information content (AvgIpc) is 2.11. The van der Waals surface area contributed by atoms with Crippen LogP contribution in [-0.4, -0.2) is 23.9 Å². The van der Waals surface area contributed by atoms with Gasteiger partial charge < -0.3 is 9.84 Å². The van der Waals surface area contributed by atoms with E-state index in [1.54, 1.807) is 13.8 Å². The molecule has 10 heavy (non-hydrogen) atoms. The Labute approximate surface area is 61.5 Å². The molecule has 1 N–H and O–H groups in total. The van der Waals surface area contributed by atoms with Gasteiger partial charge in [-0.1, -0.05) is 6.58 Å². The molecule has 0 aromatic carbocycles. The summed E-state index contributed by atoms with van der Waals surface area (Å²) in [5.74, 6) is 0.118. The monoisotopic (exact) mass is 142 g/mol. The molecule has 2 nitrogen and oxygen atoms in total. The van der Waals surface area contributed by atoms with Crippen molar-refractivity contribution < 1.29 is 9.84 Å². The van der Waals surface area contributed by atoms with Gasteiger partial charge in [-0.2, -0.15) is 0 Å². The van der Waals surface area contributed by atoms with Crippen LogP contribution in [0.25, 0.3) is 0 Å². The highest BCUT2D eigenvalue weighted by atomic mass is 16.5. The number of rotatable bonds is 1. The summed E-state index contributed by atoms with van der Waals surface area (Å²) in [5.41, 5.74) is 0.334. The highest BCUT2D eigenvalue weighted by Gasteiger charge is 2.32. The largest absolute Gasteiger partial charge is 0.390 e. The predicted molar refractivity (Wildman–Crippen MR) is 39.7 cm³/mol. The van der Waals surface area contributed by atoms with Crippen molar-refractivity contribution in [1.29, 1.82) is 0 Å². The van der Waals surface area contributed by atoms with Crippen LogP contribution in [0.3, 0.4) is 0 Å². The van der Waals surface area contributed by atoms with E-state index in [-0.39, 0.29) is 5.92 Å². The summed E-state index contributed by atoms with van der Waals surface area (Å²) in [4.78, 5) is 0. The van der Waals surface area contributed by atoms with Crippen LogP contribution >= 0.6 is 0 Å². The van der Waals surface area contributed by atoms with Crippen molar-refractivity contribution in [3.8, 4) is 0 Å². The van der Waals surface area contributed by atoms with Gasteiger partial charge >= 0.3 is 0 Å². The minimum Gasteiger partial charge on any atom is -0.390 e. The maximum atomic E-state index is 9.55. The topological polar surface area (TPSA) is 29.5 Å². The third-order valence-electron chi connectivity index (χ3n) is 1.92. The molecule has 0 aromatic rings. The molecule has 0 radical (unpaired) electrons. The van der Waals surface area contributed by atoms with Crippen LogP contribution in [0.5, 0.6) is 0 Å². The SMILES string of the molecule is C=C1COCC1C(C)(C)O. The normalized spacial score (nSPS) is 27.5. The van der Waals surface area contributed by atoms with Crippen molar-refractivity contribution in [1.82, 2.24) is 0 Å². The zero-order chi connectivity index (χ0) is 7.78. The van der Waals surface area contributed by atoms with Crippen LogP contribution in [0.4, 0.5) is 0 Å². The van der Waals surface area contributed by atoms with Gasteiger partial charge in [0.1, 0.15) is 0 Å². The molecule has 1 heterocycles. The summed E-state index contributed by atoms with van der Waals surface area (Å²) in [5, 5.41) is 9.55. The molecule has 0 aliphatic carbocycles. The van der Waals surface area contributed by atoms with Crippen molar-refractivity contribution >= 4 is 0 Å². The van der Waals surface area contributed by atoms with Crippen molar-refractivity contribution in [2.24, 2.45) is 5.92 Å². The standard InChI is InChI=1S/C8H14O2/c1-6-4-10-5-7(6)8(2,3)9/h7,9H,1,4-5H2,2-3H3. The van der Waals surface area contributed by atoms with Gasteiger partial charge in [-0.15, -0.1) is 0 Å². The minimum atomic E-state index is -0.673. The quantitative estimate of drug-likeness (QED) is 0.552. The van der Waals surface area contributed by atoms with Crippen LogP contribution in [0, 0.1) is 5.92 Å². The second-order valence-electron chi connectivity index (χ2n) is 3.38. The van der Waals surface area contributed by atoms with Crippen LogP contribution in [-0.2, 0) is 4.74 Å². The van der Waals surface area contributed by atoms with Crippen molar-refractivity contribution in [2.75, 3.05) is 13.2 Å². The smallest absolute Gasteiger partial charge is 0.0679 e. The molecule has 1 unspecified atom stereocenters. The molecule has 0 saturated carbocycles. The van der Waals surface area contributed by atoms with E-state index in [0.717, 1.165) is 5.57 Å². The molecule has 2 heteroatoms. The van der Waals surface area contributed by atoms with Crippen molar-refractivity contribution in [2.45, 2.75) is 19.4 Å². The summed E-state index contributed by atoms with van der Waals surface area (Å²) in [7, 11) is 0. The maximum absolute atomic E-state index is 9.55. The third kappa shape index (κ3) is 1.39. The number of hydrogen-bond acceptors (Lipinski definition) is 2. The van der Waals surface area contributed by atoms with E-state index >= 15 is 0 Å². The molecule has 1 saturated heterocycles. The van der Waals surface area contributed by atoms with Crippen LogP contribution in [0.1, 0.15) is 13.8 Å². The fraction of sp³-hybridized carbons (Fsp3) is 0.750. The summed E-state index contributed by atoms with van der Waals surface area (Å²) in [6.45, 7) is 8.61. The van der Waals surface area contributed by atoms with E-state index in [4.69, 9.17) is 4.74 Å². The van der Waals surface area contributed by atoms with E-state index in [1.807, 2.05) is 0 Å². The summed E-state index contributed by atoms with van der Waals surface area (Å²) < 4.78 is 5.14. The Morgan fingerprint density at radius 2 is 2.30 bits per heavy atom. The van der Waals surface area contributed by atoms with E-state index in [9.17, 15) is 5.11 Å². The molecule has 58 valence electrons. The Hall–Kier alpha value is -0.340. The highest BCUT2D eigenvalue weighted by molar-refractivity contribution is 5.10. The number of ether oxygens (including phenoxy) is 1. The lowest BCUT2D eigenvalue weighted by atomic mass is 9.88. The zero-order valence-corrected chi connectivity index (χ0v) is 6.55. The molecule has 1 atom stereocenters. The van der Waals surface area contributed by atoms with Gasteiger partial charge in [0.25, 0.3) is 0 Å². The predicted octanol–water partition coefficient (Wildman–Crippen LogP) is 0.960. The molecule has 0 amide bonds. The van der Waals surface area contributed by atoms with Crippen LogP contribution in [0.2, 0.25) is 0 Å². The molecule has 1 aliphatic rings. The van der Waals surface area contributed by atoms with E-state index in [2.05, 4.69) is 6.58 Å². The Kier molecular flexibility index (Phi) is 1.84. The average molecular weight is 142 g/mol. The third-order valence-corrected chi connectivity index (χ3v) is 1.92. The Morgan fingerprint density at radius 1 is 1.70 bits per heavy atom. The van der Waals surface area contributed by atoms with Gasteiger partial charge in [-0.3, -0.25) is 0 Å². The fourth-order valence-corrected chi connectivity index (χ4v) is 1.23. The van der Waals surface area contributed by atoms with E-state index < -0.39 is 5.60 Å². The van der Waals surface area contributed by atoms with Gasteiger partial charge in [0.05, 0.1) is 18.8 Å². The van der Waals surface area contributed by atoms with Gasteiger partial charge in [-0.05, 0) is 19.4 Å². The zero-order valence-electron chi connectivity index (χ0n) is 6.55. The molecular formula is C8H14O2. The van der Waals surface area contributed by atoms with Gasteiger partial charge in [0.15, 0.2) is 0 Å². The molecule has 0 aromatic heterocycles. The first-order chi connectivity index (χ1) is 4.52. The lowest BCUT2D eigenvalue weighted by Gasteiger charge is -2.24. The lowest BCUT2D eigenvalue weighted by molar-refractivity contribution is 0.0208. The van der Waals surface area contributed by atoms with Gasteiger partial charge in [0.2, 0.25) is 0 Å². The highest BCUT2D eigenvalue weighted by Crippen LogP contribution is 2.28. The summed E-state index contributed by atoms with van der Waals surface area (Å²) in [6, 6.07) is 0. The fourth-order valence-electron chi connectivity index (χ4n) is 1.23. The van der Waals surface area contributed by atoms with Crippen LogP contribution in [0.15, 0.2) is 12.2 Å². The van der Waals surface area contributed by atoms with Gasteiger partial charge in [0, 0.05) is 5.92 Å². The second kappa shape index (κ2) is 2.36. The van der Waals surface area contributed by atoms with Crippen LogP contribution < -0.4 is 0 Å². The first-order valence-electron chi connectivity index (χ1n) is 3.49. The molecular weight excluding hydrogens is 128 g/mol. The van der Waals surface area contributed by atoms with Crippen molar-refractivity contribution in [3.63, 3.8) is 0 Å². The Balaban J connectivity index is 2.64. The summed E-state index contributed by atoms with van der Waals surface area (Å²) >= 11 is 0. The molecule has 1 aliphatic heterocycles. The molecule has 0 spiro atoms. The lowest BCUT2D eigenvalue weighted by Crippen LogP contribution is -2.31. The van der Waals surface area contributed by atoms with E-state index in [0.29, 0.717) is 13.2 Å². The maximum Gasteiger partial charge on any atom is 0.0679 e. The molecule has 1 rings (SSSR count). The number of hydrogen-bond donors (Lipinski definition) is 1. The number of aliphatic hydroxyl groups is 1. The van der Waals surface area contributed by atoms with E-state index in [1.165, 1.54) is 0 Å². The Bertz CT molecular complexity index is 144. The Morgan fingerprint density at radius 3 is 2.50 bits per heavy atom. The molecule has 1 fully saturated rings. The second-order valence-corrected chi connectivity index (χ2v) is 3.38. The minimum absolute atomic E-state index is 0.118. The summed E-state index contributed by atoms with van der Waals surface area (Å²) in [6.07, 6.45) is 0. The first kappa shape index (κ1) is 7.76.